The lowest BCUT2D eigenvalue weighted by atomic mass is 9.88. The zero-order chi connectivity index (χ0) is 27.4. The molecule has 0 aliphatic rings. The highest BCUT2D eigenvalue weighted by atomic mass is 16.3. The topological polar surface area (TPSA) is 92.5 Å². The Balaban J connectivity index is 0. The fraction of sp³-hybridized carbons (Fsp3) is 1.00. The van der Waals surface area contributed by atoms with Gasteiger partial charge in [-0.3, -0.25) is 0 Å². The molecule has 36 heavy (non-hydrogen) atoms. The molecule has 6 N–H and O–H groups in total. The Bertz CT molecular complexity index is 415. The third-order valence-corrected chi connectivity index (χ3v) is 7.92. The van der Waals surface area contributed by atoms with Gasteiger partial charge < -0.3 is 21.7 Å². The van der Waals surface area contributed by atoms with Gasteiger partial charge in [-0.15, -0.1) is 0 Å². The number of unbranched alkanes of at least 4 members (excludes halogenated alkanes) is 17. The predicted octanol–water partition coefficient (Wildman–Crippen LogP) is 8.79. The molecule has 0 spiro atoms. The van der Waals surface area contributed by atoms with Crippen molar-refractivity contribution >= 4 is 0 Å². The molecule has 0 fully saturated rings. The first-order valence-corrected chi connectivity index (χ1v) is 16.2. The van der Waals surface area contributed by atoms with E-state index in [2.05, 4.69) is 27.7 Å². The minimum absolute atomic E-state index is 0.127. The second kappa shape index (κ2) is 27.9. The lowest BCUT2D eigenvalue weighted by molar-refractivity contribution is 0.171. The summed E-state index contributed by atoms with van der Waals surface area (Å²) in [6.45, 7) is 9.03. The zero-order valence-corrected chi connectivity index (χ0v) is 25.4. The van der Waals surface area contributed by atoms with Gasteiger partial charge in [0, 0.05) is 11.1 Å². The average molecular weight is 515 g/mol. The molecule has 0 aliphatic heterocycles. The summed E-state index contributed by atoms with van der Waals surface area (Å²) in [5.41, 5.74) is 11.7. The highest BCUT2D eigenvalue weighted by Crippen LogP contribution is 2.20. The van der Waals surface area contributed by atoms with Crippen LogP contribution in [0, 0.1) is 0 Å². The van der Waals surface area contributed by atoms with Crippen LogP contribution in [0.3, 0.4) is 0 Å². The van der Waals surface area contributed by atoms with Crippen LogP contribution in [0.5, 0.6) is 0 Å². The molecule has 0 radical (unpaired) electrons. The van der Waals surface area contributed by atoms with E-state index in [4.69, 9.17) is 11.5 Å². The molecule has 0 saturated heterocycles. The number of aliphatic hydroxyl groups is 2. The predicted molar refractivity (Wildman–Crippen MR) is 162 cm³/mol. The van der Waals surface area contributed by atoms with Crippen molar-refractivity contribution in [2.24, 2.45) is 11.5 Å². The van der Waals surface area contributed by atoms with E-state index in [0.29, 0.717) is 0 Å². The molecule has 0 aliphatic carbocycles. The Morgan fingerprint density at radius 2 is 0.639 bits per heavy atom. The van der Waals surface area contributed by atoms with Gasteiger partial charge in [0.1, 0.15) is 0 Å². The minimum Gasteiger partial charge on any atom is -0.394 e. The fourth-order valence-electron chi connectivity index (χ4n) is 4.78. The van der Waals surface area contributed by atoms with Gasteiger partial charge in [0.2, 0.25) is 0 Å². The summed E-state index contributed by atoms with van der Waals surface area (Å²) in [7, 11) is 0. The summed E-state index contributed by atoms with van der Waals surface area (Å²) < 4.78 is 0. The quantitative estimate of drug-likeness (QED) is 0.0867. The first-order valence-electron chi connectivity index (χ1n) is 16.2. The first-order chi connectivity index (χ1) is 17.4. The van der Waals surface area contributed by atoms with Crippen LogP contribution in [-0.4, -0.2) is 34.5 Å². The van der Waals surface area contributed by atoms with E-state index in [9.17, 15) is 10.2 Å². The largest absolute Gasteiger partial charge is 0.394 e. The maximum absolute atomic E-state index is 9.36. The Hall–Kier alpha value is -0.160. The molecule has 0 aromatic heterocycles. The maximum atomic E-state index is 9.36. The molecule has 0 aromatic rings. The molecule has 2 atom stereocenters. The van der Waals surface area contributed by atoms with Crippen LogP contribution in [-0.2, 0) is 0 Å². The van der Waals surface area contributed by atoms with Crippen molar-refractivity contribution in [3.05, 3.63) is 0 Å². The van der Waals surface area contributed by atoms with Crippen molar-refractivity contribution in [1.29, 1.82) is 0 Å². The van der Waals surface area contributed by atoms with Gasteiger partial charge in [0.05, 0.1) is 13.2 Å². The monoisotopic (exact) mass is 515 g/mol. The van der Waals surface area contributed by atoms with Crippen LogP contribution in [0.15, 0.2) is 0 Å². The third-order valence-electron chi connectivity index (χ3n) is 7.92. The molecular formula is C32H70N2O2. The summed E-state index contributed by atoms with van der Waals surface area (Å²) in [5.74, 6) is 0. The van der Waals surface area contributed by atoms with Gasteiger partial charge in [-0.05, 0) is 25.7 Å². The lowest BCUT2D eigenvalue weighted by Crippen LogP contribution is -2.43. The van der Waals surface area contributed by atoms with E-state index in [1.54, 1.807) is 0 Å². The Morgan fingerprint density at radius 3 is 0.944 bits per heavy atom. The van der Waals surface area contributed by atoms with Crippen molar-refractivity contribution in [3.63, 3.8) is 0 Å². The molecule has 4 heteroatoms. The van der Waals surface area contributed by atoms with E-state index < -0.39 is 0 Å². The van der Waals surface area contributed by atoms with Gasteiger partial charge in [-0.25, -0.2) is 0 Å². The van der Waals surface area contributed by atoms with Gasteiger partial charge in [0.15, 0.2) is 0 Å². The van der Waals surface area contributed by atoms with Gasteiger partial charge >= 0.3 is 0 Å². The zero-order valence-electron chi connectivity index (χ0n) is 25.4. The van der Waals surface area contributed by atoms with Crippen LogP contribution >= 0.6 is 0 Å². The molecule has 4 nitrogen and oxygen atoms in total. The van der Waals surface area contributed by atoms with Crippen LogP contribution in [0.25, 0.3) is 0 Å². The van der Waals surface area contributed by atoms with E-state index in [0.717, 1.165) is 32.1 Å². The first kappa shape index (κ1) is 38.0. The highest BCUT2D eigenvalue weighted by molar-refractivity contribution is 4.83. The number of hydrogen-bond donors (Lipinski definition) is 4. The van der Waals surface area contributed by atoms with Crippen LogP contribution in [0.1, 0.15) is 182 Å². The summed E-state index contributed by atoms with van der Waals surface area (Å²) in [6, 6.07) is 0. The standard InChI is InChI=1S/C18H39NO.C14H31NO/c1-3-5-6-7-8-9-10-11-12-13-14-15-16-18(19,4-2)17-20;1-3-5-7-8-10-12-14(15,13-16)11-9-6-4-2/h20H,3-17,19H2,1-2H3;16H,3-13,15H2,1-2H3. The van der Waals surface area contributed by atoms with Gasteiger partial charge in [-0.2, -0.15) is 0 Å². The molecule has 2 unspecified atom stereocenters. The van der Waals surface area contributed by atoms with Crippen molar-refractivity contribution in [2.45, 2.75) is 193 Å². The molecule has 0 saturated carbocycles. The van der Waals surface area contributed by atoms with E-state index in [1.165, 1.54) is 122 Å². The minimum atomic E-state index is -0.321. The number of hydrogen-bond acceptors (Lipinski definition) is 4. The summed E-state index contributed by atoms with van der Waals surface area (Å²) >= 11 is 0. The second-order valence-corrected chi connectivity index (χ2v) is 11.7. The number of rotatable bonds is 26. The molecule has 0 amide bonds. The lowest BCUT2D eigenvalue weighted by Gasteiger charge is -2.27. The van der Waals surface area contributed by atoms with Crippen molar-refractivity contribution in [2.75, 3.05) is 13.2 Å². The van der Waals surface area contributed by atoms with E-state index in [1.807, 2.05) is 0 Å². The Labute approximate surface area is 227 Å². The maximum Gasteiger partial charge on any atom is 0.0611 e. The van der Waals surface area contributed by atoms with Crippen LogP contribution < -0.4 is 11.5 Å². The summed E-state index contributed by atoms with van der Waals surface area (Å²) in [4.78, 5) is 0. The number of nitrogens with two attached hydrogens (primary N) is 2. The van der Waals surface area contributed by atoms with Crippen LogP contribution in [0.2, 0.25) is 0 Å². The fourth-order valence-corrected chi connectivity index (χ4v) is 4.78. The molecule has 0 bridgehead atoms. The molecule has 0 aromatic carbocycles. The van der Waals surface area contributed by atoms with Gasteiger partial charge in [-0.1, -0.05) is 156 Å². The van der Waals surface area contributed by atoms with Crippen molar-refractivity contribution in [3.8, 4) is 0 Å². The van der Waals surface area contributed by atoms with E-state index >= 15 is 0 Å². The molecule has 0 rings (SSSR count). The number of aliphatic hydroxyl groups excluding tert-OH is 2. The normalized spacial score (nSPS) is 14.7. The SMILES string of the molecule is CCCCCCCC(N)(CO)CCCCC.CCCCCCCCCCCCCCC(N)(CC)CO. The van der Waals surface area contributed by atoms with Gasteiger partial charge in [0.25, 0.3) is 0 Å². The molecule has 0 heterocycles. The Kier molecular flexibility index (Phi) is 29.4. The highest BCUT2D eigenvalue weighted by Gasteiger charge is 2.22. The molecular weight excluding hydrogens is 444 g/mol. The van der Waals surface area contributed by atoms with Crippen molar-refractivity contribution < 1.29 is 10.2 Å². The smallest absolute Gasteiger partial charge is 0.0611 e. The summed E-state index contributed by atoms with van der Waals surface area (Å²) in [5, 5.41) is 18.6. The Morgan fingerprint density at radius 1 is 0.389 bits per heavy atom. The summed E-state index contributed by atoms with van der Waals surface area (Å²) in [6.07, 6.45) is 30.2. The third kappa shape index (κ3) is 25.5. The average Bonchev–Trinajstić information content (AvgIpc) is 2.89. The van der Waals surface area contributed by atoms with Crippen molar-refractivity contribution in [1.82, 2.24) is 0 Å². The molecule has 220 valence electrons. The van der Waals surface area contributed by atoms with Crippen LogP contribution in [0.4, 0.5) is 0 Å². The van der Waals surface area contributed by atoms with E-state index in [-0.39, 0.29) is 24.3 Å². The second-order valence-electron chi connectivity index (χ2n) is 11.7.